The third-order valence-electron chi connectivity index (χ3n) is 1.12. The molecule has 0 bridgehead atoms. The first-order valence-electron chi connectivity index (χ1n) is 3.33. The van der Waals surface area contributed by atoms with Crippen molar-refractivity contribution < 1.29 is 25.6 Å². The topological polar surface area (TPSA) is 97.7 Å². The molecule has 8 heteroatoms. The Morgan fingerprint density at radius 3 is 2.07 bits per heavy atom. The van der Waals surface area contributed by atoms with Crippen LogP contribution in [0.4, 0.5) is 0 Å². The molecule has 1 unspecified atom stereocenters. The molecule has 1 N–H and O–H groups in total. The van der Waals surface area contributed by atoms with Gasteiger partial charge in [0, 0.05) is 0 Å². The van der Waals surface area contributed by atoms with Crippen LogP contribution in [0.25, 0.3) is 0 Å². The smallest absolute Gasteiger partial charge is 0.284 e. The molecule has 0 heterocycles. The van der Waals surface area contributed by atoms with E-state index in [0.717, 1.165) is 6.08 Å². The van der Waals surface area contributed by atoms with Gasteiger partial charge in [0.15, 0.2) is 0 Å². The predicted octanol–water partition coefficient (Wildman–Crippen LogP) is -0.0813. The summed E-state index contributed by atoms with van der Waals surface area (Å²) in [6.45, 7) is 5.79. The maximum atomic E-state index is 11.1. The summed E-state index contributed by atoms with van der Waals surface area (Å²) >= 11 is 0. The second kappa shape index (κ2) is 4.69. The molecule has 0 rings (SSSR count). The van der Waals surface area contributed by atoms with E-state index >= 15 is 0 Å². The molecule has 0 aliphatic heterocycles. The summed E-state index contributed by atoms with van der Waals surface area (Å²) in [5, 5.41) is 0. The highest BCUT2D eigenvalue weighted by Crippen LogP contribution is 2.11. The lowest BCUT2D eigenvalue weighted by molar-refractivity contribution is 0.355. The van der Waals surface area contributed by atoms with E-state index in [4.69, 9.17) is 4.55 Å². The van der Waals surface area contributed by atoms with Crippen molar-refractivity contribution in [1.29, 1.82) is 0 Å². The van der Waals surface area contributed by atoms with Crippen molar-refractivity contribution in [2.75, 3.05) is 6.61 Å². The van der Waals surface area contributed by atoms with Crippen LogP contribution in [0, 0.1) is 0 Å². The van der Waals surface area contributed by atoms with Gasteiger partial charge in [0.1, 0.15) is 0 Å². The number of hydrogen-bond acceptors (Lipinski definition) is 5. The molecule has 0 aliphatic rings. The van der Waals surface area contributed by atoms with Gasteiger partial charge in [-0.05, 0) is 0 Å². The van der Waals surface area contributed by atoms with Crippen molar-refractivity contribution in [3.05, 3.63) is 25.3 Å². The van der Waals surface area contributed by atoms with Crippen molar-refractivity contribution in [2.24, 2.45) is 0 Å². The van der Waals surface area contributed by atoms with Crippen molar-refractivity contribution in [2.45, 2.75) is 4.58 Å². The molecule has 0 spiro atoms. The Morgan fingerprint density at radius 1 is 1.29 bits per heavy atom. The van der Waals surface area contributed by atoms with E-state index < -0.39 is 24.8 Å². The van der Waals surface area contributed by atoms with Crippen LogP contribution < -0.4 is 0 Å². The normalized spacial score (nSPS) is 14.6. The van der Waals surface area contributed by atoms with Crippen molar-refractivity contribution in [3.8, 4) is 0 Å². The van der Waals surface area contributed by atoms with Crippen molar-refractivity contribution in [1.82, 2.24) is 0 Å². The van der Waals surface area contributed by atoms with Crippen LogP contribution in [0.15, 0.2) is 25.3 Å². The summed E-state index contributed by atoms with van der Waals surface area (Å²) in [4.78, 5) is 0. The number of rotatable bonds is 6. The van der Waals surface area contributed by atoms with Gasteiger partial charge in [0.25, 0.3) is 20.2 Å². The Morgan fingerprint density at radius 2 is 1.79 bits per heavy atom. The molecule has 0 aromatic heterocycles. The molecule has 6 nitrogen and oxygen atoms in total. The summed E-state index contributed by atoms with van der Waals surface area (Å²) < 4.78 is 53.9. The molecule has 0 saturated carbocycles. The van der Waals surface area contributed by atoms with Crippen LogP contribution in [0.2, 0.25) is 0 Å². The zero-order valence-electron chi connectivity index (χ0n) is 7.16. The number of hydrogen-bond donors (Lipinski definition) is 1. The van der Waals surface area contributed by atoms with Gasteiger partial charge >= 0.3 is 0 Å². The average Bonchev–Trinajstić information content (AvgIpc) is 1.98. The second-order valence-electron chi connectivity index (χ2n) is 2.19. The molecule has 0 radical (unpaired) electrons. The fourth-order valence-electron chi connectivity index (χ4n) is 0.598. The van der Waals surface area contributed by atoms with Gasteiger partial charge in [0.2, 0.25) is 4.58 Å². The van der Waals surface area contributed by atoms with Gasteiger partial charge in [-0.3, -0.25) is 8.74 Å². The van der Waals surface area contributed by atoms with E-state index in [1.165, 1.54) is 0 Å². The maximum absolute atomic E-state index is 11.1. The first kappa shape index (κ1) is 13.3. The zero-order valence-corrected chi connectivity index (χ0v) is 8.79. The lowest BCUT2D eigenvalue weighted by Gasteiger charge is -2.09. The van der Waals surface area contributed by atoms with Gasteiger partial charge in [-0.1, -0.05) is 12.2 Å². The maximum Gasteiger partial charge on any atom is 0.291 e. The predicted molar refractivity (Wildman–Crippen MR) is 50.6 cm³/mol. The quantitative estimate of drug-likeness (QED) is 0.397. The Hall–Kier alpha value is -0.700. The van der Waals surface area contributed by atoms with E-state index in [0.29, 0.717) is 6.08 Å². The van der Waals surface area contributed by atoms with E-state index in [2.05, 4.69) is 17.3 Å². The summed E-state index contributed by atoms with van der Waals surface area (Å²) in [6, 6.07) is 0. The molecule has 82 valence electrons. The summed E-state index contributed by atoms with van der Waals surface area (Å²) in [7, 11) is -9.19. The van der Waals surface area contributed by atoms with Crippen LogP contribution >= 0.6 is 0 Å². The minimum atomic E-state index is -4.77. The third-order valence-corrected chi connectivity index (χ3v) is 4.56. The fourth-order valence-corrected chi connectivity index (χ4v) is 2.86. The SMILES string of the molecule is C=CCOS(=O)(=O)C(C=C)S(=O)(=O)O. The second-order valence-corrected chi connectivity index (χ2v) is 5.75. The minimum absolute atomic E-state index is 0.373. The Bertz CT molecular complexity index is 404. The standard InChI is InChI=1S/C6H10O6S2/c1-3-5-12-14(10,11)6(4-2)13(7,8)9/h3-4,6H,1-2,5H2,(H,7,8,9). The molecule has 14 heavy (non-hydrogen) atoms. The lowest BCUT2D eigenvalue weighted by atomic mass is 10.7. The lowest BCUT2D eigenvalue weighted by Crippen LogP contribution is -2.29. The van der Waals surface area contributed by atoms with Gasteiger partial charge < -0.3 is 0 Å². The van der Waals surface area contributed by atoms with Gasteiger partial charge in [-0.2, -0.15) is 16.8 Å². The molecule has 0 saturated heterocycles. The largest absolute Gasteiger partial charge is 0.291 e. The van der Waals surface area contributed by atoms with Gasteiger partial charge in [0.05, 0.1) is 6.61 Å². The van der Waals surface area contributed by atoms with Gasteiger partial charge in [-0.25, -0.2) is 0 Å². The van der Waals surface area contributed by atoms with Crippen LogP contribution in [0.5, 0.6) is 0 Å². The van der Waals surface area contributed by atoms with Gasteiger partial charge in [-0.15, -0.1) is 13.2 Å². The molecule has 0 aromatic rings. The summed E-state index contributed by atoms with van der Waals surface area (Å²) in [5.41, 5.74) is 0. The highest BCUT2D eigenvalue weighted by Gasteiger charge is 2.34. The minimum Gasteiger partial charge on any atom is -0.284 e. The van der Waals surface area contributed by atoms with E-state index in [9.17, 15) is 16.8 Å². The third kappa shape index (κ3) is 3.58. The molecule has 0 aliphatic carbocycles. The first-order valence-corrected chi connectivity index (χ1v) is 6.31. The highest BCUT2D eigenvalue weighted by atomic mass is 32.3. The van der Waals surface area contributed by atoms with E-state index in [-0.39, 0.29) is 6.61 Å². The molecule has 0 aromatic carbocycles. The summed E-state index contributed by atoms with van der Waals surface area (Å²) in [6.07, 6.45) is 1.69. The molecule has 1 atom stereocenters. The molecular formula is C6H10O6S2. The van der Waals surface area contributed by atoms with Crippen LogP contribution in [0.3, 0.4) is 0 Å². The van der Waals surface area contributed by atoms with Crippen molar-refractivity contribution >= 4 is 20.2 Å². The molecule has 0 amide bonds. The highest BCUT2D eigenvalue weighted by molar-refractivity contribution is 8.04. The van der Waals surface area contributed by atoms with Crippen LogP contribution in [-0.4, -0.2) is 32.6 Å². The molecule has 0 fully saturated rings. The fraction of sp³-hybridized carbons (Fsp3) is 0.333. The van der Waals surface area contributed by atoms with Crippen LogP contribution in [-0.2, 0) is 24.4 Å². The van der Waals surface area contributed by atoms with Crippen LogP contribution in [0.1, 0.15) is 0 Å². The average molecular weight is 242 g/mol. The summed E-state index contributed by atoms with van der Waals surface area (Å²) in [5.74, 6) is 0. The van der Waals surface area contributed by atoms with Crippen molar-refractivity contribution in [3.63, 3.8) is 0 Å². The zero-order chi connectivity index (χ0) is 11.4. The first-order chi connectivity index (χ1) is 6.25. The van der Waals surface area contributed by atoms with E-state index in [1.54, 1.807) is 0 Å². The molecular weight excluding hydrogens is 232 g/mol. The monoisotopic (exact) mass is 242 g/mol. The van der Waals surface area contributed by atoms with E-state index in [1.807, 2.05) is 0 Å². The Labute approximate surface area is 82.8 Å². The Balaban J connectivity index is 5.05. The Kier molecular flexibility index (Phi) is 4.46.